The van der Waals surface area contributed by atoms with Crippen molar-refractivity contribution in [1.82, 2.24) is 0 Å². The molecule has 0 bridgehead atoms. The van der Waals surface area contributed by atoms with Crippen molar-refractivity contribution in [2.24, 2.45) is 0 Å². The first kappa shape index (κ1) is 26.6. The fourth-order valence-electron chi connectivity index (χ4n) is 5.18. The number of cyclic esters (lactones) is 1. The molecule has 3 rings (SSSR count). The van der Waals surface area contributed by atoms with Crippen LogP contribution in [0.25, 0.3) is 0 Å². The fourth-order valence-corrected chi connectivity index (χ4v) is 5.18. The molecule has 0 radical (unpaired) electrons. The van der Waals surface area contributed by atoms with Gasteiger partial charge in [-0.15, -0.1) is 0 Å². The van der Waals surface area contributed by atoms with E-state index in [9.17, 15) is 25.2 Å². The molecule has 0 unspecified atom stereocenters. The number of ether oxygens (including phenoxy) is 3. The molecule has 0 saturated carbocycles. The minimum atomic E-state index is -0.697. The van der Waals surface area contributed by atoms with Crippen molar-refractivity contribution in [1.29, 1.82) is 0 Å². The highest BCUT2D eigenvalue weighted by Gasteiger charge is 2.36. The highest BCUT2D eigenvalue weighted by Crippen LogP contribution is 2.31. The van der Waals surface area contributed by atoms with Gasteiger partial charge in [0, 0.05) is 12.0 Å². The molecule has 0 spiro atoms. The number of hydrogen-bond donors (Lipinski definition) is 4. The van der Waals surface area contributed by atoms with Crippen molar-refractivity contribution in [3.05, 3.63) is 11.6 Å². The number of esters is 1. The van der Waals surface area contributed by atoms with E-state index in [1.807, 2.05) is 0 Å². The number of aliphatic hydroxyl groups excluding tert-OH is 4. The van der Waals surface area contributed by atoms with Crippen molar-refractivity contribution in [2.75, 3.05) is 0 Å². The third-order valence-electron chi connectivity index (χ3n) is 7.11. The molecule has 9 atom stereocenters. The molecule has 0 aromatic heterocycles. The smallest absolute Gasteiger partial charge is 0.334 e. The molecule has 3 aliphatic heterocycles. The second kappa shape index (κ2) is 12.6. The number of unbranched alkanes of at least 4 members (excludes halogenated alkanes) is 1. The molecule has 8 heteroatoms. The zero-order chi connectivity index (χ0) is 24.0. The summed E-state index contributed by atoms with van der Waals surface area (Å²) in [6, 6.07) is 0. The number of rotatable bonds is 13. The van der Waals surface area contributed by atoms with Crippen LogP contribution in [0.2, 0.25) is 0 Å². The van der Waals surface area contributed by atoms with E-state index in [1.165, 1.54) is 0 Å². The van der Waals surface area contributed by atoms with Gasteiger partial charge in [-0.1, -0.05) is 19.8 Å². The summed E-state index contributed by atoms with van der Waals surface area (Å²) in [5.74, 6) is -0.367. The van der Waals surface area contributed by atoms with E-state index in [4.69, 9.17) is 14.2 Å². The van der Waals surface area contributed by atoms with Crippen LogP contribution in [0.5, 0.6) is 0 Å². The van der Waals surface area contributed by atoms with Gasteiger partial charge in [0.05, 0.1) is 48.8 Å². The lowest BCUT2D eigenvalue weighted by Crippen LogP contribution is -2.33. The second-order valence-electron chi connectivity index (χ2n) is 9.98. The SMILES string of the molecule is CCCC[C@H](O)[C@H]1CC[C@H]([C@H](O)CC[C@H](O)[C@@H]2CC[C@@H](C[C@@H](O)CC3=C[C@H](C)OC3=O)O2)O1. The van der Waals surface area contributed by atoms with Crippen molar-refractivity contribution in [2.45, 2.75) is 139 Å². The lowest BCUT2D eigenvalue weighted by molar-refractivity contribution is -0.139. The first-order chi connectivity index (χ1) is 15.8. The standard InChI is InChI=1S/C25H42O8/c1-3-4-5-19(27)23-10-11-24(33-23)21(29)8-7-20(28)22-9-6-18(32-22)14-17(26)13-16-12-15(2)31-25(16)30/h12,15,17-24,26-29H,3-11,13-14H2,1-2H3/t15-,17-,18-,19-,20-,21+,22-,23+,24+/m0/s1. The summed E-state index contributed by atoms with van der Waals surface area (Å²) in [6.07, 6.45) is 5.03. The van der Waals surface area contributed by atoms with Crippen LogP contribution in [0.15, 0.2) is 11.6 Å². The molecular formula is C25H42O8. The quantitative estimate of drug-likeness (QED) is 0.302. The Balaban J connectivity index is 1.33. The third-order valence-corrected chi connectivity index (χ3v) is 7.11. The Hall–Kier alpha value is -1.03. The van der Waals surface area contributed by atoms with Crippen LogP contribution in [0.4, 0.5) is 0 Å². The molecule has 3 heterocycles. The van der Waals surface area contributed by atoms with Gasteiger partial charge in [-0.2, -0.15) is 0 Å². The van der Waals surface area contributed by atoms with Crippen LogP contribution in [-0.2, 0) is 19.0 Å². The monoisotopic (exact) mass is 470 g/mol. The Kier molecular flexibility index (Phi) is 10.2. The highest BCUT2D eigenvalue weighted by molar-refractivity contribution is 5.90. The normalized spacial score (nSPS) is 33.6. The van der Waals surface area contributed by atoms with Gasteiger partial charge in [0.1, 0.15) is 6.10 Å². The number of aliphatic hydroxyl groups is 4. The van der Waals surface area contributed by atoms with Crippen LogP contribution in [0.1, 0.15) is 84.5 Å². The van der Waals surface area contributed by atoms with Gasteiger partial charge in [0.25, 0.3) is 0 Å². The molecule has 0 amide bonds. The molecule has 190 valence electrons. The van der Waals surface area contributed by atoms with Gasteiger partial charge in [-0.05, 0) is 64.4 Å². The summed E-state index contributed by atoms with van der Waals surface area (Å²) < 4.78 is 16.9. The van der Waals surface area contributed by atoms with Crippen molar-refractivity contribution < 1.29 is 39.4 Å². The zero-order valence-corrected chi connectivity index (χ0v) is 20.0. The Morgan fingerprint density at radius 2 is 1.48 bits per heavy atom. The maximum Gasteiger partial charge on any atom is 0.334 e. The Bertz CT molecular complexity index is 652. The predicted molar refractivity (Wildman–Crippen MR) is 121 cm³/mol. The van der Waals surface area contributed by atoms with Gasteiger partial charge >= 0.3 is 5.97 Å². The summed E-state index contributed by atoms with van der Waals surface area (Å²) >= 11 is 0. The topological polar surface area (TPSA) is 126 Å². The van der Waals surface area contributed by atoms with Crippen LogP contribution in [-0.4, -0.2) is 81.3 Å². The predicted octanol–water partition coefficient (Wildman–Crippen LogP) is 2.15. The van der Waals surface area contributed by atoms with E-state index in [1.54, 1.807) is 13.0 Å². The second-order valence-corrected chi connectivity index (χ2v) is 9.98. The molecule has 2 fully saturated rings. The minimum Gasteiger partial charge on any atom is -0.455 e. The molecule has 8 nitrogen and oxygen atoms in total. The Labute approximate surface area is 196 Å². The fraction of sp³-hybridized carbons (Fsp3) is 0.880. The summed E-state index contributed by atoms with van der Waals surface area (Å²) in [5.41, 5.74) is 0.507. The molecule has 4 N–H and O–H groups in total. The summed E-state index contributed by atoms with van der Waals surface area (Å²) in [5, 5.41) is 41.7. The average molecular weight is 471 g/mol. The van der Waals surface area contributed by atoms with Crippen LogP contribution < -0.4 is 0 Å². The van der Waals surface area contributed by atoms with E-state index in [0.29, 0.717) is 37.7 Å². The summed E-state index contributed by atoms with van der Waals surface area (Å²) in [6.45, 7) is 3.87. The minimum absolute atomic E-state index is 0.163. The molecule has 2 saturated heterocycles. The van der Waals surface area contributed by atoms with Gasteiger partial charge in [0.2, 0.25) is 0 Å². The number of carbonyl (C=O) groups is 1. The largest absolute Gasteiger partial charge is 0.455 e. The van der Waals surface area contributed by atoms with Crippen molar-refractivity contribution in [3.8, 4) is 0 Å². The molecular weight excluding hydrogens is 428 g/mol. The van der Waals surface area contributed by atoms with Gasteiger partial charge in [-0.3, -0.25) is 0 Å². The van der Waals surface area contributed by atoms with E-state index >= 15 is 0 Å². The first-order valence-electron chi connectivity index (χ1n) is 12.7. The van der Waals surface area contributed by atoms with Crippen LogP contribution >= 0.6 is 0 Å². The number of carbonyl (C=O) groups excluding carboxylic acids is 1. The Morgan fingerprint density at radius 3 is 2.06 bits per heavy atom. The molecule has 0 aromatic rings. The van der Waals surface area contributed by atoms with E-state index in [0.717, 1.165) is 32.1 Å². The summed E-state index contributed by atoms with van der Waals surface area (Å²) in [4.78, 5) is 11.7. The maximum absolute atomic E-state index is 11.7. The van der Waals surface area contributed by atoms with Crippen molar-refractivity contribution in [3.63, 3.8) is 0 Å². The Morgan fingerprint density at radius 1 is 0.909 bits per heavy atom. The van der Waals surface area contributed by atoms with Crippen LogP contribution in [0, 0.1) is 0 Å². The molecule has 33 heavy (non-hydrogen) atoms. The number of hydrogen-bond acceptors (Lipinski definition) is 8. The zero-order valence-electron chi connectivity index (χ0n) is 20.0. The van der Waals surface area contributed by atoms with E-state index in [-0.39, 0.29) is 42.9 Å². The maximum atomic E-state index is 11.7. The molecule has 0 aliphatic carbocycles. The van der Waals surface area contributed by atoms with Gasteiger partial charge in [0.15, 0.2) is 0 Å². The summed E-state index contributed by atoms with van der Waals surface area (Å²) in [7, 11) is 0. The highest BCUT2D eigenvalue weighted by atomic mass is 16.5. The van der Waals surface area contributed by atoms with E-state index in [2.05, 4.69) is 6.92 Å². The average Bonchev–Trinajstić information content (AvgIpc) is 3.51. The van der Waals surface area contributed by atoms with Crippen molar-refractivity contribution >= 4 is 5.97 Å². The molecule has 3 aliphatic rings. The van der Waals surface area contributed by atoms with Gasteiger partial charge in [-0.25, -0.2) is 4.79 Å². The lowest BCUT2D eigenvalue weighted by Gasteiger charge is -2.24. The van der Waals surface area contributed by atoms with Crippen LogP contribution in [0.3, 0.4) is 0 Å². The third kappa shape index (κ3) is 7.73. The first-order valence-corrected chi connectivity index (χ1v) is 12.7. The van der Waals surface area contributed by atoms with Gasteiger partial charge < -0.3 is 34.6 Å². The molecule has 0 aromatic carbocycles. The lowest BCUT2D eigenvalue weighted by atomic mass is 9.98. The van der Waals surface area contributed by atoms with E-state index < -0.39 is 24.4 Å².